The molecule has 68 heavy (non-hydrogen) atoms. The fourth-order valence-electron chi connectivity index (χ4n) is 2.04. The van der Waals surface area contributed by atoms with Gasteiger partial charge in [0.2, 0.25) is 0 Å². The van der Waals surface area contributed by atoms with Crippen LogP contribution in [0.4, 0.5) is 0 Å². The molecule has 0 nitrogen and oxygen atoms in total. The average Bonchev–Trinajstić information content (AvgIpc) is 3.08. The van der Waals surface area contributed by atoms with Gasteiger partial charge in [-0.15, -0.1) is 0 Å². The van der Waals surface area contributed by atoms with Gasteiger partial charge in [0.1, 0.15) is 0 Å². The second kappa shape index (κ2) is 26.9. The molecule has 68 heteroatoms. The van der Waals surface area contributed by atoms with Crippen molar-refractivity contribution < 1.29 is 0 Å². The Kier molecular flexibility index (Phi) is 34.2. The molecule has 0 radical (unpaired) electrons. The molecular weight excluding hydrogens is 2280 g/mol. The van der Waals surface area contributed by atoms with Crippen LogP contribution in [-0.4, -0.2) is 0 Å². The summed E-state index contributed by atoms with van der Waals surface area (Å²) in [6, 6.07) is 0. The van der Waals surface area contributed by atoms with Crippen molar-refractivity contribution in [3.63, 3.8) is 0 Å². The van der Waals surface area contributed by atoms with Crippen molar-refractivity contribution in [2.24, 2.45) is 0 Å². The fourth-order valence-corrected chi connectivity index (χ4v) is 506. The van der Waals surface area contributed by atoms with Crippen molar-refractivity contribution in [1.29, 1.82) is 0 Å². The largest absolute Gasteiger partial charge is 0.0917 e. The van der Waals surface area contributed by atoms with E-state index in [0.29, 0.717) is 0 Å². The molecule has 0 bridgehead atoms. The van der Waals surface area contributed by atoms with Crippen LogP contribution in [0.25, 0.3) is 0 Å². The molecule has 0 fully saturated rings. The molecule has 0 heterocycles. The SMILES string of the molecule is S=S(=S)(S)S(=S)(=S)S(=S)(=S)S(=S)(=S)S(=S)(=S)S(=S)(=S)S(=S)(=S)S(=S)(=S)S(=S)(=S)S(=S)(=S)S(=S)(=S)S(=S)(=S)S(=S)(=S)S(=S)(=S)S(=S)(=S)S(=S)(=S)S(=S)(=S)S(=S)(=S)S(=S)(=S)S(=S)(=S)S(=S)(=S)S(=S)(=S)I. The molecule has 0 aromatic rings. The summed E-state index contributed by atoms with van der Waals surface area (Å²) in [6.07, 6.45) is 0. The normalized spacial score (nSPS) is 16.9. The molecule has 0 rings (SSSR count). The van der Waals surface area contributed by atoms with Gasteiger partial charge in [0, 0.05) is 134 Å². The van der Waals surface area contributed by atoms with E-state index in [1.807, 2.05) is 0 Å². The second-order valence-corrected chi connectivity index (χ2v) is 249. The third-order valence-corrected chi connectivity index (χ3v) is 433. The Morgan fingerprint density at radius 1 is 0.147 bits per heavy atom. The van der Waals surface area contributed by atoms with Crippen LogP contribution in [0.3, 0.4) is 0 Å². The second-order valence-electron chi connectivity index (χ2n) is 8.99. The Balaban J connectivity index is 8.60. The minimum Gasteiger partial charge on any atom is -0.0917 e. The summed E-state index contributed by atoms with van der Waals surface area (Å²) in [7, 11) is 0. The van der Waals surface area contributed by atoms with Gasteiger partial charge in [-0.3, -0.25) is 0 Å². The van der Waals surface area contributed by atoms with Gasteiger partial charge in [0.25, 0.3) is 0 Å². The number of hydrogen-bond donors (Lipinski definition) is 1. The van der Waals surface area contributed by atoms with Crippen molar-refractivity contribution >= 4 is 638 Å². The van der Waals surface area contributed by atoms with E-state index in [4.69, 9.17) is 492 Å². The van der Waals surface area contributed by atoms with Crippen molar-refractivity contribution in [2.45, 2.75) is 0 Å². The maximum Gasteiger partial charge on any atom is 0.0451 e. The molecule has 0 saturated carbocycles. The van der Waals surface area contributed by atoms with E-state index in [2.05, 4.69) is 11.7 Å². The number of hydrogen-bond acceptors (Lipinski definition) is 44. The van der Waals surface area contributed by atoms with Gasteiger partial charge in [-0.25, -0.2) is 0 Å². The third-order valence-electron chi connectivity index (χ3n) is 5.25. The highest BCUT2D eigenvalue weighted by atomic mass is 127. The summed E-state index contributed by atoms with van der Waals surface area (Å²) >= 11 is 267. The maximum atomic E-state index is 6.11. The lowest BCUT2D eigenvalue weighted by Gasteiger charge is -2.36. The van der Waals surface area contributed by atoms with Gasteiger partial charge in [-0.2, -0.15) is 0 Å². The van der Waals surface area contributed by atoms with Crippen molar-refractivity contribution in [3.05, 3.63) is 0 Å². The van der Waals surface area contributed by atoms with Crippen LogP contribution >= 0.6 is 32.9 Å². The predicted molar refractivity (Wildman–Crippen MR) is 509 cm³/mol. The summed E-state index contributed by atoms with van der Waals surface area (Å²) < 4.78 is -2.70. The molecule has 410 valence electrons. The zero-order chi connectivity index (χ0) is 57.0. The van der Waals surface area contributed by atoms with Crippen molar-refractivity contribution in [1.82, 2.24) is 0 Å². The lowest BCUT2D eigenvalue weighted by atomic mass is 29.7. The first-order valence-electron chi connectivity index (χ1n) is 11.2. The molecule has 0 aliphatic heterocycles. The summed E-state index contributed by atoms with van der Waals surface area (Å²) in [4.78, 5) is 0. The molecular formula is HIS67. The van der Waals surface area contributed by atoms with Crippen molar-refractivity contribution in [2.75, 3.05) is 0 Å². The van der Waals surface area contributed by atoms with E-state index in [-0.39, 0.29) is 0 Å². The van der Waals surface area contributed by atoms with E-state index in [1.54, 1.807) is 21.2 Å². The van der Waals surface area contributed by atoms with Gasteiger partial charge in [0.15, 0.2) is 0 Å². The highest BCUT2D eigenvalue weighted by Gasteiger charge is 2.47. The van der Waals surface area contributed by atoms with Gasteiger partial charge >= 0.3 is 0 Å². The highest BCUT2D eigenvalue weighted by molar-refractivity contribution is 14.2. The van der Waals surface area contributed by atoms with Gasteiger partial charge in [-0.05, 0) is 492 Å². The molecule has 0 aromatic carbocycles. The van der Waals surface area contributed by atoms with Gasteiger partial charge in [0.05, 0.1) is 0 Å². The van der Waals surface area contributed by atoms with Crippen LogP contribution in [0.15, 0.2) is 0 Å². The minimum atomic E-state index is -3.98. The Bertz CT molecular complexity index is 4630. The standard InChI is InChI=1S/HIS67/c1-47(2,3)49(7,8)51(11,12)53(15,16)55(19,20)57(23,24)59(27,28)61(31,32)63(35,36)65(39,40)67(43,44)68(45,46)66(41,42)64(37,38)62(33,34)60(29,30)58(25,26)56(21,22)54(17,18)52(13,14)50(9,10)48(4,5)6/h(H,4,5,6). The Morgan fingerprint density at radius 3 is 0.294 bits per heavy atom. The van der Waals surface area contributed by atoms with E-state index in [0.717, 1.165) is 0 Å². The van der Waals surface area contributed by atoms with E-state index in [1.165, 1.54) is 0 Å². The molecule has 0 N–H and O–H groups in total. The third kappa shape index (κ3) is 13.7. The van der Waals surface area contributed by atoms with Gasteiger partial charge in [-0.1, -0.05) is 11.7 Å². The molecule has 0 aromatic heterocycles. The monoisotopic (exact) mass is 2270 g/mol. The summed E-state index contributed by atoms with van der Waals surface area (Å²) in [5.74, 6) is 0. The lowest BCUT2D eigenvalue weighted by molar-refractivity contribution is 4.97. The number of thiol groups is 1. The lowest BCUT2D eigenvalue weighted by Crippen LogP contribution is -2.40. The minimum absolute atomic E-state index is 1.75. The summed E-state index contributed by atoms with van der Waals surface area (Å²) in [6.45, 7) is 0. The Hall–Kier alpha value is 18.5. The zero-order valence-electron chi connectivity index (χ0n) is 27.8. The zero-order valence-corrected chi connectivity index (χ0v) is 84.7. The maximum absolute atomic E-state index is 6.11. The fraction of sp³-hybridized carbons (Fsp3) is 0. The molecule has 0 amide bonds. The number of halogens is 1. The molecule has 0 aliphatic rings. The Morgan fingerprint density at radius 2 is 0.221 bits per heavy atom. The van der Waals surface area contributed by atoms with Crippen LogP contribution in [0.5, 0.6) is 0 Å². The first-order valence-corrected chi connectivity index (χ1v) is 102. The molecule has 0 atom stereocenters. The summed E-state index contributed by atoms with van der Waals surface area (Å²) in [5, 5.41) is -77.9. The Labute approximate surface area is 618 Å². The quantitative estimate of drug-likeness (QED) is 0.0756. The van der Waals surface area contributed by atoms with Crippen LogP contribution in [0.2, 0.25) is 0 Å². The molecule has 0 spiro atoms. The van der Waals surface area contributed by atoms with E-state index < -0.39 is 113 Å². The van der Waals surface area contributed by atoms with Crippen LogP contribution in [0.1, 0.15) is 0 Å². The van der Waals surface area contributed by atoms with Crippen LogP contribution in [-0.2, 0) is 605 Å². The van der Waals surface area contributed by atoms with Crippen LogP contribution in [0, 0.1) is 0 Å². The first-order chi connectivity index (χ1) is 28.2. The highest BCUT2D eigenvalue weighted by Crippen LogP contribution is 2.44. The summed E-state index contributed by atoms with van der Waals surface area (Å²) in [5.41, 5.74) is 0. The topological polar surface area (TPSA) is 0 Å². The molecule has 0 unspecified atom stereocenters. The molecule has 0 aliphatic carbocycles. The van der Waals surface area contributed by atoms with E-state index in [9.17, 15) is 0 Å². The predicted octanol–water partition coefficient (Wildman–Crippen LogP) is 1.11. The van der Waals surface area contributed by atoms with Gasteiger partial charge < -0.3 is 0 Å². The first kappa shape index (κ1) is 86.5. The average molecular weight is 2280 g/mol. The van der Waals surface area contributed by atoms with Crippen molar-refractivity contribution in [3.8, 4) is 0 Å². The smallest absolute Gasteiger partial charge is 0.0451 e. The number of rotatable bonds is 21. The molecule has 0 saturated heterocycles. The van der Waals surface area contributed by atoms with E-state index >= 15 is 0 Å². The van der Waals surface area contributed by atoms with Crippen LogP contribution < -0.4 is 0 Å².